The lowest BCUT2D eigenvalue weighted by atomic mass is 9.65. The molecule has 1 aromatic rings. The van der Waals surface area contributed by atoms with Crippen molar-refractivity contribution in [3.63, 3.8) is 0 Å². The van der Waals surface area contributed by atoms with Crippen LogP contribution in [0.5, 0.6) is 0 Å². The predicted octanol–water partition coefficient (Wildman–Crippen LogP) is 3.70. The van der Waals surface area contributed by atoms with Crippen LogP contribution in [-0.2, 0) is 0 Å². The Bertz CT molecular complexity index is 553. The molecule has 0 aromatic heterocycles. The number of benzene rings is 1. The maximum absolute atomic E-state index is 11.1. The van der Waals surface area contributed by atoms with Crippen molar-refractivity contribution in [2.75, 3.05) is 7.05 Å². The van der Waals surface area contributed by atoms with Crippen molar-refractivity contribution in [1.82, 2.24) is 4.90 Å². The molecule has 3 heteroatoms. The normalized spacial score (nSPS) is 37.3. The van der Waals surface area contributed by atoms with E-state index in [0.717, 1.165) is 19.3 Å². The van der Waals surface area contributed by atoms with E-state index in [4.69, 9.17) is 6.57 Å². The molecule has 2 saturated heterocycles. The fourth-order valence-electron chi connectivity index (χ4n) is 4.86. The summed E-state index contributed by atoms with van der Waals surface area (Å²) in [6.07, 6.45) is 4.91. The molecule has 124 valence electrons. The van der Waals surface area contributed by atoms with Crippen LogP contribution in [0.15, 0.2) is 30.3 Å². The highest BCUT2D eigenvalue weighted by molar-refractivity contribution is 5.26. The van der Waals surface area contributed by atoms with Crippen molar-refractivity contribution < 1.29 is 5.11 Å². The molecule has 0 spiro atoms. The number of fused-ring (bicyclic) bond motifs is 2. The van der Waals surface area contributed by atoms with Crippen LogP contribution in [0.4, 0.5) is 0 Å². The minimum atomic E-state index is -0.370. The Labute approximate surface area is 140 Å². The summed E-state index contributed by atoms with van der Waals surface area (Å²) in [5.41, 5.74) is 1.27. The molecule has 6 unspecified atom stereocenters. The molecule has 0 radical (unpaired) electrons. The first-order chi connectivity index (χ1) is 11.2. The van der Waals surface area contributed by atoms with Crippen molar-refractivity contribution in [1.29, 1.82) is 0 Å². The zero-order valence-electron chi connectivity index (χ0n) is 14.2. The highest BCUT2D eigenvalue weighted by atomic mass is 16.3. The van der Waals surface area contributed by atoms with Crippen molar-refractivity contribution >= 4 is 0 Å². The number of hydrogen-bond donors (Lipinski definition) is 1. The Morgan fingerprint density at radius 1 is 1.22 bits per heavy atom. The summed E-state index contributed by atoms with van der Waals surface area (Å²) >= 11 is 0. The highest BCUT2D eigenvalue weighted by Gasteiger charge is 2.52. The van der Waals surface area contributed by atoms with E-state index in [0.29, 0.717) is 12.0 Å². The topological polar surface area (TPSA) is 27.8 Å². The number of piperidine rings is 2. The third-order valence-corrected chi connectivity index (χ3v) is 6.05. The van der Waals surface area contributed by atoms with E-state index < -0.39 is 0 Å². The van der Waals surface area contributed by atoms with Gasteiger partial charge < -0.3 is 9.95 Å². The zero-order valence-corrected chi connectivity index (χ0v) is 14.2. The van der Waals surface area contributed by atoms with Crippen molar-refractivity contribution in [3.05, 3.63) is 47.3 Å². The molecule has 0 aliphatic carbocycles. The van der Waals surface area contributed by atoms with Gasteiger partial charge in [0.1, 0.15) is 0 Å². The summed E-state index contributed by atoms with van der Waals surface area (Å²) in [6.45, 7) is 9.68. The van der Waals surface area contributed by atoms with Gasteiger partial charge >= 0.3 is 0 Å². The lowest BCUT2D eigenvalue weighted by molar-refractivity contribution is -0.0841. The number of aliphatic hydroxyl groups is 1. The monoisotopic (exact) mass is 312 g/mol. The van der Waals surface area contributed by atoms with Gasteiger partial charge in [-0.05, 0) is 24.9 Å². The van der Waals surface area contributed by atoms with Crippen LogP contribution in [0, 0.1) is 12.5 Å². The lowest BCUT2D eigenvalue weighted by Crippen LogP contribution is -2.63. The fraction of sp³-hybridized carbons (Fsp3) is 0.650. The van der Waals surface area contributed by atoms with Crippen molar-refractivity contribution in [3.8, 4) is 0 Å². The van der Waals surface area contributed by atoms with Crippen molar-refractivity contribution in [2.45, 2.75) is 69.2 Å². The molecule has 6 atom stereocenters. The molecular weight excluding hydrogens is 284 g/mol. The van der Waals surface area contributed by atoms with E-state index in [1.54, 1.807) is 0 Å². The lowest BCUT2D eigenvalue weighted by Gasteiger charge is -2.54. The van der Waals surface area contributed by atoms with E-state index in [-0.39, 0.29) is 24.1 Å². The number of likely N-dealkylation sites (N-methyl/N-ethyl adjacent to an activating group) is 1. The van der Waals surface area contributed by atoms with Gasteiger partial charge in [0.05, 0.1) is 6.10 Å². The third-order valence-electron chi connectivity index (χ3n) is 6.05. The van der Waals surface area contributed by atoms with E-state index in [9.17, 15) is 5.11 Å². The first-order valence-corrected chi connectivity index (χ1v) is 8.98. The van der Waals surface area contributed by atoms with Crippen LogP contribution < -0.4 is 0 Å². The Morgan fingerprint density at radius 2 is 1.91 bits per heavy atom. The number of unbranched alkanes of at least 4 members (excludes halogenated alkanes) is 1. The smallest absolute Gasteiger partial charge is 0.226 e. The van der Waals surface area contributed by atoms with E-state index in [1.807, 2.05) is 6.07 Å². The Morgan fingerprint density at radius 3 is 2.57 bits per heavy atom. The van der Waals surface area contributed by atoms with Crippen LogP contribution in [-0.4, -0.2) is 41.3 Å². The average Bonchev–Trinajstić information content (AvgIpc) is 2.58. The van der Waals surface area contributed by atoms with E-state index in [1.165, 1.54) is 18.4 Å². The Hall–Kier alpha value is -1.37. The average molecular weight is 312 g/mol. The molecule has 3 rings (SSSR count). The minimum absolute atomic E-state index is 0.0803. The van der Waals surface area contributed by atoms with Crippen LogP contribution in [0.1, 0.15) is 50.5 Å². The van der Waals surface area contributed by atoms with Gasteiger partial charge in [-0.2, -0.15) is 0 Å². The molecule has 0 amide bonds. The molecule has 2 aliphatic heterocycles. The van der Waals surface area contributed by atoms with Gasteiger partial charge in [0, 0.05) is 30.8 Å². The van der Waals surface area contributed by atoms with Crippen LogP contribution in [0.25, 0.3) is 4.85 Å². The van der Waals surface area contributed by atoms with Crippen molar-refractivity contribution in [2.24, 2.45) is 5.92 Å². The molecule has 3 nitrogen and oxygen atoms in total. The number of rotatable bonds is 4. The van der Waals surface area contributed by atoms with E-state index >= 15 is 0 Å². The van der Waals surface area contributed by atoms with Gasteiger partial charge in [0.25, 0.3) is 0 Å². The molecule has 2 heterocycles. The first kappa shape index (κ1) is 16.5. The number of nitrogens with zero attached hydrogens (tertiary/aromatic N) is 2. The van der Waals surface area contributed by atoms with Gasteiger partial charge in [0.2, 0.25) is 6.04 Å². The second-order valence-corrected chi connectivity index (χ2v) is 7.29. The molecule has 1 aromatic carbocycles. The van der Waals surface area contributed by atoms with Gasteiger partial charge in [-0.3, -0.25) is 4.90 Å². The molecule has 1 N–H and O–H groups in total. The molecule has 23 heavy (non-hydrogen) atoms. The van der Waals surface area contributed by atoms with Crippen LogP contribution in [0.3, 0.4) is 0 Å². The summed E-state index contributed by atoms with van der Waals surface area (Å²) in [4.78, 5) is 6.20. The quantitative estimate of drug-likeness (QED) is 0.859. The maximum Gasteiger partial charge on any atom is 0.226 e. The van der Waals surface area contributed by atoms with E-state index in [2.05, 4.69) is 48.0 Å². The molecule has 2 fully saturated rings. The molecular formula is C20H28N2O. The van der Waals surface area contributed by atoms with Gasteiger partial charge in [-0.1, -0.05) is 50.1 Å². The predicted molar refractivity (Wildman–Crippen MR) is 93.2 cm³/mol. The maximum atomic E-state index is 11.1. The van der Waals surface area contributed by atoms with Crippen LogP contribution >= 0.6 is 0 Å². The van der Waals surface area contributed by atoms with Gasteiger partial charge in [-0.15, -0.1) is 0 Å². The summed E-state index contributed by atoms with van der Waals surface area (Å²) in [6, 6.07) is 11.2. The largest absolute Gasteiger partial charge is 0.391 e. The third kappa shape index (κ3) is 3.03. The SMILES string of the molecule is [C-]#[N+]C1CC2C(O)C(c3ccccc3)C(CCCC)C(C1)N2C. The summed E-state index contributed by atoms with van der Waals surface area (Å²) in [5.74, 6) is 0.652. The Kier molecular flexibility index (Phi) is 5.04. The summed E-state index contributed by atoms with van der Waals surface area (Å²) in [7, 11) is 2.15. The molecule has 2 aliphatic rings. The highest BCUT2D eigenvalue weighted by Crippen LogP contribution is 2.47. The summed E-state index contributed by atoms with van der Waals surface area (Å²) < 4.78 is 0. The minimum Gasteiger partial charge on any atom is -0.391 e. The summed E-state index contributed by atoms with van der Waals surface area (Å²) in [5, 5.41) is 11.1. The Balaban J connectivity index is 1.96. The van der Waals surface area contributed by atoms with Gasteiger partial charge in [0.15, 0.2) is 0 Å². The van der Waals surface area contributed by atoms with Gasteiger partial charge in [-0.25, -0.2) is 6.57 Å². The second kappa shape index (κ2) is 7.03. The zero-order chi connectivity index (χ0) is 16.4. The van der Waals surface area contributed by atoms with Crippen LogP contribution in [0.2, 0.25) is 0 Å². The second-order valence-electron chi connectivity index (χ2n) is 7.29. The molecule has 2 bridgehead atoms. The number of hydrogen-bond acceptors (Lipinski definition) is 2. The standard InChI is InChI=1S/C20H28N2O/c1-4-5-11-16-17-12-15(21-2)13-18(22(17)3)20(23)19(16)14-9-7-6-8-10-14/h6-10,15-20,23H,4-5,11-13H2,1,3H3. The fourth-order valence-corrected chi connectivity index (χ4v) is 4.86. The number of aliphatic hydroxyl groups excluding tert-OH is 1. The molecule has 0 saturated carbocycles. The first-order valence-electron chi connectivity index (χ1n) is 8.98.